The fourth-order valence-corrected chi connectivity index (χ4v) is 1.98. The molecular weight excluding hydrogens is 288 g/mol. The lowest BCUT2D eigenvalue weighted by molar-refractivity contribution is 0.0689. The lowest BCUT2D eigenvalue weighted by atomic mass is 10.1. The summed E-state index contributed by atoms with van der Waals surface area (Å²) >= 11 is 3.35. The van der Waals surface area contributed by atoms with Crippen molar-refractivity contribution in [3.63, 3.8) is 0 Å². The Labute approximate surface area is 105 Å². The summed E-state index contributed by atoms with van der Waals surface area (Å²) in [4.78, 5) is 10.8. The van der Waals surface area contributed by atoms with E-state index in [1.165, 1.54) is 10.7 Å². The van der Waals surface area contributed by atoms with Crippen LogP contribution in [-0.4, -0.2) is 26.0 Å². The third kappa shape index (κ3) is 2.16. The minimum atomic E-state index is -1.08. The molecule has 6 heteroatoms. The number of nitrogens with zero attached hydrogens (tertiary/aromatic N) is 2. The summed E-state index contributed by atoms with van der Waals surface area (Å²) in [5, 5.41) is 22.2. The molecule has 0 fully saturated rings. The largest absolute Gasteiger partial charge is 0.508 e. The number of rotatable bonds is 2. The number of aromatic nitrogens is 2. The summed E-state index contributed by atoms with van der Waals surface area (Å²) in [5.74, 6) is -0.968. The van der Waals surface area contributed by atoms with Gasteiger partial charge < -0.3 is 10.2 Å². The predicted octanol–water partition coefficient (Wildman–Crippen LogP) is 2.25. The van der Waals surface area contributed by atoms with Gasteiger partial charge >= 0.3 is 5.97 Å². The van der Waals surface area contributed by atoms with Crippen LogP contribution in [0, 0.1) is 0 Å². The molecule has 0 bridgehead atoms. The molecule has 2 N–H and O–H groups in total. The molecule has 0 radical (unpaired) electrons. The molecule has 17 heavy (non-hydrogen) atoms. The Hall–Kier alpha value is -1.82. The van der Waals surface area contributed by atoms with Crippen LogP contribution in [0.3, 0.4) is 0 Å². The van der Waals surface area contributed by atoms with Crippen molar-refractivity contribution in [1.29, 1.82) is 0 Å². The Morgan fingerprint density at radius 1 is 1.41 bits per heavy atom. The molecule has 2 aromatic rings. The number of carboxylic acid groups (broad SMARTS) is 1. The Kier molecular flexibility index (Phi) is 2.89. The first kappa shape index (κ1) is 11.7. The van der Waals surface area contributed by atoms with Crippen molar-refractivity contribution in [2.24, 2.45) is 7.05 Å². The Bertz CT molecular complexity index is 592. The van der Waals surface area contributed by atoms with E-state index in [2.05, 4.69) is 21.0 Å². The monoisotopic (exact) mass is 296 g/mol. The van der Waals surface area contributed by atoms with E-state index in [9.17, 15) is 9.90 Å². The third-order valence-corrected chi connectivity index (χ3v) is 3.02. The second kappa shape index (κ2) is 4.21. The minimum Gasteiger partial charge on any atom is -0.508 e. The molecule has 0 spiro atoms. The molecule has 1 aromatic heterocycles. The number of benzene rings is 1. The van der Waals surface area contributed by atoms with Crippen LogP contribution in [0.2, 0.25) is 0 Å². The molecule has 0 aliphatic rings. The molecule has 0 aliphatic heterocycles. The molecule has 0 saturated carbocycles. The maximum absolute atomic E-state index is 10.8. The van der Waals surface area contributed by atoms with E-state index in [0.29, 0.717) is 11.3 Å². The standard InChI is InChI=1S/C11H9BrN2O3/c1-14-10(5-9(13-14)11(16)17)7-4-6(15)2-3-8(7)12/h2-5,15H,1H3,(H,16,17). The normalized spacial score (nSPS) is 10.5. The highest BCUT2D eigenvalue weighted by Gasteiger charge is 2.14. The van der Waals surface area contributed by atoms with Crippen LogP contribution < -0.4 is 0 Å². The molecule has 0 unspecified atom stereocenters. The first-order chi connectivity index (χ1) is 7.99. The molecule has 0 atom stereocenters. The average molecular weight is 297 g/mol. The van der Waals surface area contributed by atoms with Gasteiger partial charge in [-0.05, 0) is 24.3 Å². The second-order valence-corrected chi connectivity index (χ2v) is 4.36. The van der Waals surface area contributed by atoms with Gasteiger partial charge in [0.2, 0.25) is 0 Å². The van der Waals surface area contributed by atoms with Gasteiger partial charge in [-0.1, -0.05) is 15.9 Å². The van der Waals surface area contributed by atoms with Gasteiger partial charge in [-0.3, -0.25) is 4.68 Å². The van der Waals surface area contributed by atoms with E-state index < -0.39 is 5.97 Å². The van der Waals surface area contributed by atoms with E-state index in [4.69, 9.17) is 5.11 Å². The minimum absolute atomic E-state index is 0.0299. The highest BCUT2D eigenvalue weighted by molar-refractivity contribution is 9.10. The molecule has 2 rings (SSSR count). The van der Waals surface area contributed by atoms with Gasteiger partial charge in [0, 0.05) is 17.1 Å². The van der Waals surface area contributed by atoms with Crippen molar-refractivity contribution < 1.29 is 15.0 Å². The van der Waals surface area contributed by atoms with Crippen LogP contribution in [0.4, 0.5) is 0 Å². The lowest BCUT2D eigenvalue weighted by Crippen LogP contribution is -1.99. The molecule has 5 nitrogen and oxygen atoms in total. The molecular formula is C11H9BrN2O3. The van der Waals surface area contributed by atoms with Crippen molar-refractivity contribution in [3.05, 3.63) is 34.4 Å². The van der Waals surface area contributed by atoms with Gasteiger partial charge in [0.25, 0.3) is 0 Å². The summed E-state index contributed by atoms with van der Waals surface area (Å²) in [6.45, 7) is 0. The van der Waals surface area contributed by atoms with Crippen molar-refractivity contribution in [1.82, 2.24) is 9.78 Å². The maximum Gasteiger partial charge on any atom is 0.356 e. The van der Waals surface area contributed by atoms with Crippen LogP contribution in [0.25, 0.3) is 11.3 Å². The SMILES string of the molecule is Cn1nc(C(=O)O)cc1-c1cc(O)ccc1Br. The first-order valence-corrected chi connectivity index (χ1v) is 5.54. The van der Waals surface area contributed by atoms with Gasteiger partial charge in [0.15, 0.2) is 5.69 Å². The van der Waals surface area contributed by atoms with E-state index in [1.54, 1.807) is 25.2 Å². The summed E-state index contributed by atoms with van der Waals surface area (Å²) in [6.07, 6.45) is 0. The number of phenolic OH excluding ortho intramolecular Hbond substituents is 1. The van der Waals surface area contributed by atoms with Crippen molar-refractivity contribution >= 4 is 21.9 Å². The number of hydrogen-bond acceptors (Lipinski definition) is 3. The molecule has 1 aromatic carbocycles. The van der Waals surface area contributed by atoms with Crippen molar-refractivity contribution in [2.45, 2.75) is 0 Å². The smallest absolute Gasteiger partial charge is 0.356 e. The fourth-order valence-electron chi connectivity index (χ4n) is 1.53. The van der Waals surface area contributed by atoms with Gasteiger partial charge in [0.1, 0.15) is 5.75 Å². The third-order valence-electron chi connectivity index (χ3n) is 2.32. The van der Waals surface area contributed by atoms with Crippen molar-refractivity contribution in [2.75, 3.05) is 0 Å². The van der Waals surface area contributed by atoms with E-state index in [1.807, 2.05) is 0 Å². The summed E-state index contributed by atoms with van der Waals surface area (Å²) in [6, 6.07) is 6.24. The van der Waals surface area contributed by atoms with Crippen LogP contribution in [0.1, 0.15) is 10.5 Å². The van der Waals surface area contributed by atoms with Crippen LogP contribution >= 0.6 is 15.9 Å². The van der Waals surface area contributed by atoms with Gasteiger partial charge in [-0.2, -0.15) is 5.10 Å². The number of carboxylic acids is 1. The maximum atomic E-state index is 10.8. The quantitative estimate of drug-likeness (QED) is 0.891. The Morgan fingerprint density at radius 3 is 2.71 bits per heavy atom. The molecule has 1 heterocycles. The van der Waals surface area contributed by atoms with E-state index >= 15 is 0 Å². The summed E-state index contributed by atoms with van der Waals surface area (Å²) in [7, 11) is 1.65. The number of aromatic carboxylic acids is 1. The van der Waals surface area contributed by atoms with Crippen LogP contribution in [-0.2, 0) is 7.05 Å². The number of halogens is 1. The summed E-state index contributed by atoms with van der Waals surface area (Å²) in [5.41, 5.74) is 1.27. The lowest BCUT2D eigenvalue weighted by Gasteiger charge is -2.05. The Balaban J connectivity index is 2.60. The van der Waals surface area contributed by atoms with E-state index in [-0.39, 0.29) is 11.4 Å². The van der Waals surface area contributed by atoms with Gasteiger partial charge in [-0.25, -0.2) is 4.79 Å². The van der Waals surface area contributed by atoms with Crippen molar-refractivity contribution in [3.8, 4) is 17.0 Å². The summed E-state index contributed by atoms with van der Waals surface area (Å²) < 4.78 is 2.22. The number of hydrogen-bond donors (Lipinski definition) is 2. The molecule has 0 saturated heterocycles. The molecule has 0 aliphatic carbocycles. The van der Waals surface area contributed by atoms with Crippen LogP contribution in [0.5, 0.6) is 5.75 Å². The zero-order valence-corrected chi connectivity index (χ0v) is 10.5. The number of aromatic hydroxyl groups is 1. The highest BCUT2D eigenvalue weighted by Crippen LogP contribution is 2.31. The van der Waals surface area contributed by atoms with Gasteiger partial charge in [0.05, 0.1) is 5.69 Å². The fraction of sp³-hybridized carbons (Fsp3) is 0.0909. The average Bonchev–Trinajstić information content (AvgIpc) is 2.64. The van der Waals surface area contributed by atoms with Gasteiger partial charge in [-0.15, -0.1) is 0 Å². The Morgan fingerprint density at radius 2 is 2.12 bits per heavy atom. The predicted molar refractivity (Wildman–Crippen MR) is 65.0 cm³/mol. The zero-order valence-electron chi connectivity index (χ0n) is 8.88. The number of carbonyl (C=O) groups is 1. The number of aryl methyl sites for hydroxylation is 1. The van der Waals surface area contributed by atoms with Crippen LogP contribution in [0.15, 0.2) is 28.7 Å². The first-order valence-electron chi connectivity index (χ1n) is 4.75. The number of phenols is 1. The molecule has 88 valence electrons. The molecule has 0 amide bonds. The second-order valence-electron chi connectivity index (χ2n) is 3.51. The zero-order chi connectivity index (χ0) is 12.6. The van der Waals surface area contributed by atoms with E-state index in [0.717, 1.165) is 4.47 Å². The topological polar surface area (TPSA) is 75.4 Å². The highest BCUT2D eigenvalue weighted by atomic mass is 79.9.